The smallest absolute Gasteiger partial charge is 0.305 e. The SMILES string of the molecule is CC(Oc1ccc(Oc2ncc(Cl)cc2F)cc1)C(=O)Nc1ccc([N+](=O)[O-])c(C#N)n1. The van der Waals surface area contributed by atoms with Gasteiger partial charge in [-0.05, 0) is 43.3 Å². The van der Waals surface area contributed by atoms with E-state index < -0.39 is 34.1 Å². The fourth-order valence-corrected chi connectivity index (χ4v) is 2.56. The molecule has 3 aromatic rings. The minimum atomic E-state index is -0.973. The summed E-state index contributed by atoms with van der Waals surface area (Å²) < 4.78 is 24.6. The normalized spacial score (nSPS) is 11.2. The maximum Gasteiger partial charge on any atom is 0.305 e. The van der Waals surface area contributed by atoms with Crippen molar-refractivity contribution in [3.8, 4) is 23.4 Å². The van der Waals surface area contributed by atoms with E-state index in [1.165, 1.54) is 43.5 Å². The zero-order valence-corrected chi connectivity index (χ0v) is 17.0. The summed E-state index contributed by atoms with van der Waals surface area (Å²) in [5, 5.41) is 22.4. The van der Waals surface area contributed by atoms with Crippen LogP contribution >= 0.6 is 11.6 Å². The Labute approximate surface area is 185 Å². The number of ether oxygens (including phenoxy) is 2. The molecule has 32 heavy (non-hydrogen) atoms. The molecule has 0 saturated heterocycles. The Kier molecular flexibility index (Phi) is 6.77. The second-order valence-corrected chi connectivity index (χ2v) is 6.63. The minimum Gasteiger partial charge on any atom is -0.481 e. The standard InChI is InChI=1S/C20H13ClFN5O5/c1-11(19(28)26-18-7-6-17(27(29)30)16(9-23)25-18)31-13-2-4-14(5-3-13)32-20-15(22)8-12(21)10-24-20/h2-8,10-11H,1H3,(H,25,26,28). The molecule has 1 aromatic carbocycles. The quantitative estimate of drug-likeness (QED) is 0.410. The molecule has 10 nitrogen and oxygen atoms in total. The van der Waals surface area contributed by atoms with Gasteiger partial charge in [-0.1, -0.05) is 11.6 Å². The number of rotatable bonds is 7. The van der Waals surface area contributed by atoms with Crippen molar-refractivity contribution >= 4 is 29.0 Å². The summed E-state index contributed by atoms with van der Waals surface area (Å²) in [6.07, 6.45) is 0.275. The van der Waals surface area contributed by atoms with Crippen molar-refractivity contribution in [2.75, 3.05) is 5.32 Å². The summed E-state index contributed by atoms with van der Waals surface area (Å²) >= 11 is 5.65. The van der Waals surface area contributed by atoms with Gasteiger partial charge in [-0.15, -0.1) is 0 Å². The number of aromatic nitrogens is 2. The summed E-state index contributed by atoms with van der Waals surface area (Å²) in [5.41, 5.74) is -0.894. The molecule has 1 N–H and O–H groups in total. The number of pyridine rings is 2. The highest BCUT2D eigenvalue weighted by atomic mass is 35.5. The van der Waals surface area contributed by atoms with Crippen molar-refractivity contribution in [2.45, 2.75) is 13.0 Å². The Hall–Kier alpha value is -4.30. The molecule has 2 heterocycles. The molecular weight excluding hydrogens is 445 g/mol. The van der Waals surface area contributed by atoms with Crippen LogP contribution in [0.5, 0.6) is 17.4 Å². The maximum absolute atomic E-state index is 13.8. The summed E-state index contributed by atoms with van der Waals surface area (Å²) in [4.78, 5) is 30.0. The predicted molar refractivity (Wildman–Crippen MR) is 110 cm³/mol. The fraction of sp³-hybridized carbons (Fsp3) is 0.100. The third-order valence-electron chi connectivity index (χ3n) is 3.92. The van der Waals surface area contributed by atoms with E-state index in [2.05, 4.69) is 15.3 Å². The number of nitrogens with one attached hydrogen (secondary N) is 1. The number of nitrogens with zero attached hydrogens (tertiary/aromatic N) is 4. The summed E-state index contributed by atoms with van der Waals surface area (Å²) in [7, 11) is 0. The highest BCUT2D eigenvalue weighted by Gasteiger charge is 2.19. The lowest BCUT2D eigenvalue weighted by Gasteiger charge is -2.15. The van der Waals surface area contributed by atoms with Crippen LogP contribution in [0, 0.1) is 27.3 Å². The minimum absolute atomic E-state index is 0.0335. The molecule has 1 atom stereocenters. The molecule has 0 aliphatic rings. The molecule has 0 fully saturated rings. The van der Waals surface area contributed by atoms with E-state index in [1.54, 1.807) is 6.07 Å². The Morgan fingerprint density at radius 1 is 1.28 bits per heavy atom. The Balaban J connectivity index is 1.61. The summed E-state index contributed by atoms with van der Waals surface area (Å²) in [6.45, 7) is 1.48. The maximum atomic E-state index is 13.8. The molecule has 0 aliphatic carbocycles. The molecular formula is C20H13ClFN5O5. The van der Waals surface area contributed by atoms with Gasteiger partial charge < -0.3 is 14.8 Å². The van der Waals surface area contributed by atoms with Crippen LogP contribution in [0.25, 0.3) is 0 Å². The number of halogens is 2. The zero-order valence-electron chi connectivity index (χ0n) is 16.3. The lowest BCUT2D eigenvalue weighted by atomic mass is 10.3. The van der Waals surface area contributed by atoms with E-state index in [0.29, 0.717) is 5.75 Å². The molecule has 0 saturated carbocycles. The molecule has 3 rings (SSSR count). The first kappa shape index (κ1) is 22.4. The number of nitro groups is 1. The van der Waals surface area contributed by atoms with Crippen LogP contribution in [0.3, 0.4) is 0 Å². The number of hydrogen-bond acceptors (Lipinski definition) is 8. The number of amides is 1. The average Bonchev–Trinajstić information content (AvgIpc) is 2.76. The molecule has 0 bridgehead atoms. The molecule has 12 heteroatoms. The lowest BCUT2D eigenvalue weighted by Crippen LogP contribution is -2.30. The van der Waals surface area contributed by atoms with Gasteiger partial charge in [-0.2, -0.15) is 5.26 Å². The van der Waals surface area contributed by atoms with Gasteiger partial charge in [-0.25, -0.2) is 14.4 Å². The second kappa shape index (κ2) is 9.67. The molecule has 1 amide bonds. The molecule has 2 aromatic heterocycles. The van der Waals surface area contributed by atoms with Gasteiger partial charge >= 0.3 is 5.69 Å². The van der Waals surface area contributed by atoms with Gasteiger partial charge in [0.2, 0.25) is 5.69 Å². The van der Waals surface area contributed by atoms with Crippen LogP contribution in [0.2, 0.25) is 5.02 Å². The van der Waals surface area contributed by atoms with Crippen molar-refractivity contribution in [1.29, 1.82) is 5.26 Å². The number of benzene rings is 1. The summed E-state index contributed by atoms with van der Waals surface area (Å²) in [5.74, 6) is -0.997. The van der Waals surface area contributed by atoms with Crippen LogP contribution in [-0.4, -0.2) is 26.9 Å². The zero-order chi connectivity index (χ0) is 23.3. The third kappa shape index (κ3) is 5.44. The van der Waals surface area contributed by atoms with E-state index in [1.807, 2.05) is 0 Å². The second-order valence-electron chi connectivity index (χ2n) is 6.20. The highest BCUT2D eigenvalue weighted by molar-refractivity contribution is 6.30. The third-order valence-corrected chi connectivity index (χ3v) is 4.13. The van der Waals surface area contributed by atoms with Crippen LogP contribution in [0.4, 0.5) is 15.9 Å². The van der Waals surface area contributed by atoms with Crippen molar-refractivity contribution in [3.05, 3.63) is 75.3 Å². The number of nitriles is 1. The lowest BCUT2D eigenvalue weighted by molar-refractivity contribution is -0.385. The topological polar surface area (TPSA) is 140 Å². The van der Waals surface area contributed by atoms with Crippen LogP contribution < -0.4 is 14.8 Å². The van der Waals surface area contributed by atoms with Crippen molar-refractivity contribution in [2.24, 2.45) is 0 Å². The first-order valence-electron chi connectivity index (χ1n) is 8.89. The average molecular weight is 458 g/mol. The number of carbonyl (C=O) groups is 1. The predicted octanol–water partition coefficient (Wildman–Crippen LogP) is 4.25. The van der Waals surface area contributed by atoms with Gasteiger partial charge in [0.15, 0.2) is 11.9 Å². The monoisotopic (exact) mass is 457 g/mol. The first-order chi connectivity index (χ1) is 15.3. The largest absolute Gasteiger partial charge is 0.481 e. The van der Waals surface area contributed by atoms with Crippen LogP contribution in [0.1, 0.15) is 12.6 Å². The highest BCUT2D eigenvalue weighted by Crippen LogP contribution is 2.26. The van der Waals surface area contributed by atoms with E-state index in [4.69, 9.17) is 26.3 Å². The van der Waals surface area contributed by atoms with Gasteiger partial charge in [0.25, 0.3) is 11.8 Å². The van der Waals surface area contributed by atoms with Crippen molar-refractivity contribution in [1.82, 2.24) is 9.97 Å². The van der Waals surface area contributed by atoms with Gasteiger partial charge in [0, 0.05) is 12.3 Å². The van der Waals surface area contributed by atoms with Crippen LogP contribution in [0.15, 0.2) is 48.7 Å². The van der Waals surface area contributed by atoms with Gasteiger partial charge in [0.05, 0.1) is 9.95 Å². The molecule has 1 unspecified atom stereocenters. The van der Waals surface area contributed by atoms with Crippen LogP contribution in [-0.2, 0) is 4.79 Å². The van der Waals surface area contributed by atoms with E-state index in [9.17, 15) is 19.3 Å². The molecule has 0 spiro atoms. The Bertz CT molecular complexity index is 1220. The van der Waals surface area contributed by atoms with E-state index in [0.717, 1.165) is 12.1 Å². The van der Waals surface area contributed by atoms with Crippen molar-refractivity contribution < 1.29 is 23.6 Å². The van der Waals surface area contributed by atoms with Gasteiger partial charge in [-0.3, -0.25) is 14.9 Å². The van der Waals surface area contributed by atoms with Gasteiger partial charge in [0.1, 0.15) is 23.4 Å². The number of anilines is 1. The number of hydrogen-bond donors (Lipinski definition) is 1. The van der Waals surface area contributed by atoms with Crippen molar-refractivity contribution in [3.63, 3.8) is 0 Å². The molecule has 0 radical (unpaired) electrons. The van der Waals surface area contributed by atoms with E-state index >= 15 is 0 Å². The molecule has 162 valence electrons. The Morgan fingerprint density at radius 3 is 2.59 bits per heavy atom. The Morgan fingerprint density at radius 2 is 1.97 bits per heavy atom. The van der Waals surface area contributed by atoms with E-state index in [-0.39, 0.29) is 22.5 Å². The fourth-order valence-electron chi connectivity index (χ4n) is 2.41. The first-order valence-corrected chi connectivity index (χ1v) is 9.26. The number of carbonyl (C=O) groups excluding carboxylic acids is 1. The molecule has 0 aliphatic heterocycles. The summed E-state index contributed by atoms with van der Waals surface area (Å²) in [6, 6.07) is 11.0.